The number of Topliss-reactive ketones (excluding diaryl/α,β-unsaturated/α-hetero) is 1. The second-order valence-electron chi connectivity index (χ2n) is 7.56. The van der Waals surface area contributed by atoms with Crippen LogP contribution in [0.1, 0.15) is 47.4 Å². The van der Waals surface area contributed by atoms with Crippen molar-refractivity contribution in [3.63, 3.8) is 0 Å². The number of sulfonamides is 1. The Hall–Kier alpha value is -2.82. The van der Waals surface area contributed by atoms with Gasteiger partial charge in [-0.25, -0.2) is 22.1 Å². The molecule has 0 bridgehead atoms. The molecule has 1 saturated carbocycles. The summed E-state index contributed by atoms with van der Waals surface area (Å²) in [5.41, 5.74) is 5.02. The topological polar surface area (TPSA) is 132 Å². The number of aliphatic imine (C=N–C) groups is 1. The Balaban J connectivity index is 1.77. The molecule has 2 heterocycles. The van der Waals surface area contributed by atoms with Gasteiger partial charge in [0.15, 0.2) is 0 Å². The molecule has 154 valence electrons. The lowest BCUT2D eigenvalue weighted by molar-refractivity contribution is 0.0980. The summed E-state index contributed by atoms with van der Waals surface area (Å²) >= 11 is 0. The van der Waals surface area contributed by atoms with Gasteiger partial charge < -0.3 is 10.3 Å². The van der Waals surface area contributed by atoms with Crippen molar-refractivity contribution in [2.75, 3.05) is 7.05 Å². The lowest BCUT2D eigenvalue weighted by atomic mass is 9.85. The number of halogens is 1. The number of benzene rings is 1. The predicted molar refractivity (Wildman–Crippen MR) is 101 cm³/mol. The first-order chi connectivity index (χ1) is 13.5. The third-order valence-corrected chi connectivity index (χ3v) is 8.50. The second kappa shape index (κ2) is 6.09. The van der Waals surface area contributed by atoms with Gasteiger partial charge in [0.05, 0.1) is 0 Å². The first kappa shape index (κ1) is 19.5. The average molecular weight is 421 g/mol. The summed E-state index contributed by atoms with van der Waals surface area (Å²) in [6, 6.07) is 4.14. The number of aromatic nitrogens is 2. The van der Waals surface area contributed by atoms with E-state index >= 15 is 0 Å². The molecular weight excluding hydrogens is 401 g/mol. The Morgan fingerprint density at radius 3 is 2.66 bits per heavy atom. The number of ketones is 1. The van der Waals surface area contributed by atoms with Crippen LogP contribution >= 0.6 is 0 Å². The van der Waals surface area contributed by atoms with Gasteiger partial charge in [-0.05, 0) is 37.5 Å². The minimum absolute atomic E-state index is 0.0672. The zero-order chi connectivity index (χ0) is 21.2. The number of aryl methyl sites for hydroxylation is 1. The highest BCUT2D eigenvalue weighted by Crippen LogP contribution is 2.60. The van der Waals surface area contributed by atoms with E-state index in [1.807, 2.05) is 0 Å². The van der Waals surface area contributed by atoms with Gasteiger partial charge in [0.2, 0.25) is 33.5 Å². The fourth-order valence-electron chi connectivity index (χ4n) is 3.93. The van der Waals surface area contributed by atoms with Gasteiger partial charge in [-0.1, -0.05) is 11.2 Å². The molecule has 1 atom stereocenters. The van der Waals surface area contributed by atoms with Crippen molar-refractivity contribution in [3.05, 3.63) is 46.9 Å². The zero-order valence-electron chi connectivity index (χ0n) is 16.1. The Kier molecular flexibility index (Phi) is 4.09. The molecule has 0 saturated heterocycles. The maximum absolute atomic E-state index is 14.9. The molecule has 1 aliphatic heterocycles. The highest BCUT2D eigenvalue weighted by Gasteiger charge is 2.70. The lowest BCUT2D eigenvalue weighted by Crippen LogP contribution is -2.58. The number of rotatable bonds is 4. The molecule has 1 aromatic heterocycles. The number of carbonyl (C=O) groups excluding carboxylic acids is 1. The molecule has 1 aliphatic carbocycles. The molecule has 1 spiro atoms. The molecule has 4 rings (SSSR count). The zero-order valence-corrected chi connectivity index (χ0v) is 17.0. The van der Waals surface area contributed by atoms with E-state index in [1.165, 1.54) is 25.2 Å². The van der Waals surface area contributed by atoms with Gasteiger partial charge in [0.1, 0.15) is 16.1 Å². The molecular formula is C18H20FN5O4S. The van der Waals surface area contributed by atoms with Gasteiger partial charge in [-0.15, -0.1) is 0 Å². The fraction of sp³-hybridized carbons (Fsp3) is 0.444. The smallest absolute Gasteiger partial charge is 0.245 e. The number of nitrogens with zero attached hydrogens (tertiary/aromatic N) is 4. The van der Waals surface area contributed by atoms with Crippen molar-refractivity contribution in [2.24, 2.45) is 10.7 Å². The van der Waals surface area contributed by atoms with Gasteiger partial charge in [-0.3, -0.25) is 4.79 Å². The third-order valence-electron chi connectivity index (χ3n) is 5.80. The summed E-state index contributed by atoms with van der Waals surface area (Å²) in [4.78, 5) is 20.7. The van der Waals surface area contributed by atoms with Gasteiger partial charge >= 0.3 is 0 Å². The summed E-state index contributed by atoms with van der Waals surface area (Å²) in [5, 5.41) is 3.59. The van der Waals surface area contributed by atoms with Crippen LogP contribution in [-0.2, 0) is 22.0 Å². The Morgan fingerprint density at radius 2 is 2.07 bits per heavy atom. The first-order valence-electron chi connectivity index (χ1n) is 8.98. The fourth-order valence-corrected chi connectivity index (χ4v) is 6.02. The molecule has 1 fully saturated rings. The molecule has 2 aromatic rings. The number of guanidine groups is 1. The molecule has 0 radical (unpaired) electrons. The van der Waals surface area contributed by atoms with Crippen molar-refractivity contribution in [1.82, 2.24) is 14.4 Å². The Bertz CT molecular complexity index is 1150. The number of hydrogen-bond donors (Lipinski definition) is 1. The van der Waals surface area contributed by atoms with E-state index in [0.29, 0.717) is 18.4 Å². The van der Waals surface area contributed by atoms with Crippen LogP contribution in [0, 0.1) is 12.7 Å². The second-order valence-corrected chi connectivity index (χ2v) is 9.84. The number of nitrogens with two attached hydrogens (primary N) is 1. The molecule has 0 unspecified atom stereocenters. The van der Waals surface area contributed by atoms with Crippen LogP contribution in [0.25, 0.3) is 0 Å². The molecule has 1 aromatic carbocycles. The normalized spacial score (nSPS) is 24.4. The van der Waals surface area contributed by atoms with Crippen LogP contribution in [0.2, 0.25) is 0 Å². The van der Waals surface area contributed by atoms with Crippen LogP contribution in [0.3, 0.4) is 0 Å². The van der Waals surface area contributed by atoms with Crippen LogP contribution < -0.4 is 5.73 Å². The van der Waals surface area contributed by atoms with Crippen molar-refractivity contribution >= 4 is 21.8 Å². The van der Waals surface area contributed by atoms with E-state index in [1.54, 1.807) is 13.8 Å². The molecule has 11 heteroatoms. The maximum atomic E-state index is 14.9. The van der Waals surface area contributed by atoms with E-state index in [2.05, 4.69) is 15.1 Å². The highest BCUT2D eigenvalue weighted by atomic mass is 32.2. The van der Waals surface area contributed by atoms with E-state index < -0.39 is 31.9 Å². The third kappa shape index (κ3) is 2.67. The van der Waals surface area contributed by atoms with E-state index in [0.717, 1.165) is 4.31 Å². The average Bonchev–Trinajstić information content (AvgIpc) is 3.38. The van der Waals surface area contributed by atoms with Crippen molar-refractivity contribution in [2.45, 2.75) is 43.4 Å². The van der Waals surface area contributed by atoms with E-state index in [9.17, 15) is 17.6 Å². The Labute approximate surface area is 166 Å². The Morgan fingerprint density at radius 1 is 1.38 bits per heavy atom. The lowest BCUT2D eigenvalue weighted by Gasteiger charge is -2.42. The summed E-state index contributed by atoms with van der Waals surface area (Å²) in [6.45, 7) is 3.14. The summed E-state index contributed by atoms with van der Waals surface area (Å²) in [6.07, 6.45) is 0.594. The quantitative estimate of drug-likeness (QED) is 0.736. The summed E-state index contributed by atoms with van der Waals surface area (Å²) < 4.78 is 45.4. The maximum Gasteiger partial charge on any atom is 0.245 e. The molecule has 9 nitrogen and oxygen atoms in total. The standard InChI is InChI=1S/C18H20FN5O4S/c1-10-21-15(23-28-10)14(25)9-11-4-5-13(19)12(8-11)17(2)18(6-7-18)29(26,27)24(3)16(20)22-17/h4-5,8H,6-7,9H2,1-3H3,(H2,20,22)/t17-/m1/s1. The van der Waals surface area contributed by atoms with Crippen LogP contribution in [0.5, 0.6) is 0 Å². The van der Waals surface area contributed by atoms with E-state index in [4.69, 9.17) is 10.3 Å². The monoisotopic (exact) mass is 421 g/mol. The van der Waals surface area contributed by atoms with Crippen molar-refractivity contribution in [1.29, 1.82) is 0 Å². The molecule has 2 aliphatic rings. The predicted octanol–water partition coefficient (Wildman–Crippen LogP) is 1.28. The van der Waals surface area contributed by atoms with Crippen molar-refractivity contribution < 1.29 is 22.1 Å². The van der Waals surface area contributed by atoms with Crippen molar-refractivity contribution in [3.8, 4) is 0 Å². The minimum Gasteiger partial charge on any atom is -0.369 e. The highest BCUT2D eigenvalue weighted by molar-refractivity contribution is 7.91. The van der Waals surface area contributed by atoms with Crippen LogP contribution in [-0.4, -0.2) is 46.4 Å². The summed E-state index contributed by atoms with van der Waals surface area (Å²) in [7, 11) is -2.48. The molecule has 29 heavy (non-hydrogen) atoms. The molecule has 0 amide bonds. The summed E-state index contributed by atoms with van der Waals surface area (Å²) in [5.74, 6) is -1.01. The largest absolute Gasteiger partial charge is 0.369 e. The molecule has 2 N–H and O–H groups in total. The first-order valence-corrected chi connectivity index (χ1v) is 10.4. The number of hydrogen-bond acceptors (Lipinski definition) is 8. The van der Waals surface area contributed by atoms with Gasteiger partial charge in [0.25, 0.3) is 0 Å². The minimum atomic E-state index is -3.81. The van der Waals surface area contributed by atoms with Crippen LogP contribution in [0.15, 0.2) is 27.7 Å². The van der Waals surface area contributed by atoms with Crippen LogP contribution in [0.4, 0.5) is 4.39 Å². The number of carbonyl (C=O) groups is 1. The van der Waals surface area contributed by atoms with Gasteiger partial charge in [-0.2, -0.15) is 4.98 Å². The SMILES string of the molecule is Cc1nc(C(=O)Cc2ccc(F)c([C@@]3(C)N=C(N)N(C)S(=O)(=O)C34CC4)c2)no1. The van der Waals surface area contributed by atoms with E-state index in [-0.39, 0.29) is 29.7 Å². The van der Waals surface area contributed by atoms with Gasteiger partial charge in [0, 0.05) is 26.0 Å².